The molecule has 2 unspecified atom stereocenters. The average molecular weight is 284 g/mol. The van der Waals surface area contributed by atoms with Crippen molar-refractivity contribution in [1.29, 1.82) is 10.8 Å². The first-order chi connectivity index (χ1) is 9.24. The average Bonchev–Trinajstić information content (AvgIpc) is 2.26. The van der Waals surface area contributed by atoms with Crippen molar-refractivity contribution in [2.75, 3.05) is 0 Å². The first-order valence-corrected chi connectivity index (χ1v) is 7.32. The van der Waals surface area contributed by atoms with Crippen molar-refractivity contribution in [2.24, 2.45) is 23.7 Å². The predicted molar refractivity (Wildman–Crippen MR) is 83.3 cm³/mol. The van der Waals surface area contributed by atoms with Crippen LogP contribution in [0, 0.1) is 34.5 Å². The highest BCUT2D eigenvalue weighted by Gasteiger charge is 2.09. The Morgan fingerprint density at radius 3 is 1.05 bits per heavy atom. The molecule has 0 aromatic rings. The maximum Gasteiger partial charge on any atom is 0.231 e. The third-order valence-electron chi connectivity index (χ3n) is 2.90. The summed E-state index contributed by atoms with van der Waals surface area (Å²) in [6.07, 6.45) is 7.14. The molecule has 4 nitrogen and oxygen atoms in total. The lowest BCUT2D eigenvalue weighted by Gasteiger charge is -2.18. The first kappa shape index (κ1) is 23.8. The maximum atomic E-state index is 8.35. The van der Waals surface area contributed by atoms with Crippen LogP contribution in [0.4, 0.5) is 0 Å². The van der Waals surface area contributed by atoms with Gasteiger partial charge in [-0.3, -0.25) is 0 Å². The number of isocyanates is 2. The van der Waals surface area contributed by atoms with Crippen LogP contribution in [-0.2, 0) is 9.59 Å². The smallest absolute Gasteiger partial charge is 0.222 e. The van der Waals surface area contributed by atoms with Gasteiger partial charge in [-0.2, -0.15) is 0 Å². The van der Waals surface area contributed by atoms with Gasteiger partial charge in [-0.1, -0.05) is 54.4 Å². The molecule has 0 rings (SSSR count). The number of carbonyl (C=O) groups excluding carboxylic acids is 2. The summed E-state index contributed by atoms with van der Waals surface area (Å²) in [5.74, 6) is 3.57. The van der Waals surface area contributed by atoms with Crippen LogP contribution in [0.15, 0.2) is 0 Å². The van der Waals surface area contributed by atoms with Gasteiger partial charge in [0.15, 0.2) is 0 Å². The lowest BCUT2D eigenvalue weighted by atomic mass is 9.88. The Balaban J connectivity index is -0.000000408. The zero-order chi connectivity index (χ0) is 16.6. The van der Waals surface area contributed by atoms with E-state index in [1.807, 2.05) is 0 Å². The van der Waals surface area contributed by atoms with Crippen LogP contribution in [0.2, 0.25) is 0 Å². The van der Waals surface area contributed by atoms with Crippen molar-refractivity contribution < 1.29 is 9.59 Å². The molecule has 0 aromatic heterocycles. The molecule has 118 valence electrons. The summed E-state index contributed by atoms with van der Waals surface area (Å²) in [6, 6.07) is 0. The van der Waals surface area contributed by atoms with Gasteiger partial charge in [0.1, 0.15) is 0 Å². The number of nitrogens with one attached hydrogen (secondary N) is 2. The monoisotopic (exact) mass is 284 g/mol. The van der Waals surface area contributed by atoms with E-state index in [9.17, 15) is 0 Å². The van der Waals surface area contributed by atoms with Gasteiger partial charge in [0.25, 0.3) is 0 Å². The summed E-state index contributed by atoms with van der Waals surface area (Å²) in [5, 5.41) is 10.8. The van der Waals surface area contributed by atoms with Gasteiger partial charge < -0.3 is 0 Å². The summed E-state index contributed by atoms with van der Waals surface area (Å²) < 4.78 is 0. The maximum absolute atomic E-state index is 8.35. The van der Waals surface area contributed by atoms with E-state index in [1.54, 1.807) is 0 Å². The molecule has 20 heavy (non-hydrogen) atoms. The molecule has 0 heterocycles. The highest BCUT2D eigenvalue weighted by molar-refractivity contribution is 5.26. The van der Waals surface area contributed by atoms with E-state index in [2.05, 4.69) is 41.5 Å². The number of hydrogen-bond donors (Lipinski definition) is 2. The Labute approximate surface area is 124 Å². The fourth-order valence-electron chi connectivity index (χ4n) is 2.41. The highest BCUT2D eigenvalue weighted by atomic mass is 16.1. The van der Waals surface area contributed by atoms with Crippen LogP contribution in [0.25, 0.3) is 0 Å². The van der Waals surface area contributed by atoms with Crippen LogP contribution >= 0.6 is 0 Å². The first-order valence-electron chi connectivity index (χ1n) is 7.32. The zero-order valence-corrected chi connectivity index (χ0v) is 14.0. The third kappa shape index (κ3) is 30.1. The van der Waals surface area contributed by atoms with E-state index >= 15 is 0 Å². The van der Waals surface area contributed by atoms with E-state index in [0.29, 0.717) is 0 Å². The van der Waals surface area contributed by atoms with E-state index < -0.39 is 0 Å². The molecule has 2 N–H and O–H groups in total. The fraction of sp³-hybridized carbons (Fsp3) is 0.875. The second-order valence-corrected chi connectivity index (χ2v) is 6.25. The number of rotatable bonds is 7. The minimum Gasteiger partial charge on any atom is -0.222 e. The van der Waals surface area contributed by atoms with Crippen LogP contribution in [0.3, 0.4) is 0 Å². The molecular weight excluding hydrogens is 252 g/mol. The molecule has 2 atom stereocenters. The second kappa shape index (κ2) is 17.8. The predicted octanol–water partition coefficient (Wildman–Crippen LogP) is 4.93. The molecule has 0 saturated heterocycles. The molecule has 0 aliphatic heterocycles. The Morgan fingerprint density at radius 1 is 0.700 bits per heavy atom. The molecule has 0 spiro atoms. The molecule has 4 heteroatoms. The molecule has 0 aliphatic carbocycles. The molecule has 0 radical (unpaired) electrons. The van der Waals surface area contributed by atoms with Gasteiger partial charge in [-0.05, 0) is 36.5 Å². The van der Waals surface area contributed by atoms with Gasteiger partial charge >= 0.3 is 0 Å². The van der Waals surface area contributed by atoms with Gasteiger partial charge in [-0.25, -0.2) is 20.4 Å². The van der Waals surface area contributed by atoms with Crippen molar-refractivity contribution in [1.82, 2.24) is 0 Å². The van der Waals surface area contributed by atoms with Crippen LogP contribution in [0.5, 0.6) is 0 Å². The quantitative estimate of drug-likeness (QED) is 0.513. The van der Waals surface area contributed by atoms with Gasteiger partial charge in [0.2, 0.25) is 12.2 Å². The summed E-state index contributed by atoms with van der Waals surface area (Å²) in [7, 11) is 0. The standard InChI is InChI=1S/C14H30.2CHNO/c1-11(2)9-13(5)7-8-14(6)10-12(3)4;2*2-1-3/h11-14H,7-10H2,1-6H3;2*2H. The van der Waals surface area contributed by atoms with Gasteiger partial charge in [-0.15, -0.1) is 0 Å². The van der Waals surface area contributed by atoms with Crippen molar-refractivity contribution in [3.8, 4) is 0 Å². The van der Waals surface area contributed by atoms with Crippen LogP contribution < -0.4 is 0 Å². The van der Waals surface area contributed by atoms with Crippen molar-refractivity contribution in [2.45, 2.75) is 67.2 Å². The minimum absolute atomic E-state index is 0.750. The molecule has 0 aromatic carbocycles. The normalized spacial score (nSPS) is 12.2. The van der Waals surface area contributed by atoms with Gasteiger partial charge in [0.05, 0.1) is 0 Å². The fourth-order valence-corrected chi connectivity index (χ4v) is 2.41. The topological polar surface area (TPSA) is 81.8 Å². The van der Waals surface area contributed by atoms with Crippen molar-refractivity contribution in [3.63, 3.8) is 0 Å². The van der Waals surface area contributed by atoms with E-state index in [0.717, 1.165) is 35.8 Å². The molecular formula is C16H32N2O2. The molecule has 0 amide bonds. The molecule has 0 fully saturated rings. The van der Waals surface area contributed by atoms with E-state index in [-0.39, 0.29) is 0 Å². The highest BCUT2D eigenvalue weighted by Crippen LogP contribution is 2.22. The minimum atomic E-state index is 0.750. The largest absolute Gasteiger partial charge is 0.231 e. The lowest BCUT2D eigenvalue weighted by Crippen LogP contribution is -2.05. The summed E-state index contributed by atoms with van der Waals surface area (Å²) >= 11 is 0. The zero-order valence-electron chi connectivity index (χ0n) is 14.0. The Hall–Kier alpha value is -1.24. The third-order valence-corrected chi connectivity index (χ3v) is 2.90. The molecule has 0 aliphatic rings. The molecule has 0 bridgehead atoms. The Morgan fingerprint density at radius 2 is 0.900 bits per heavy atom. The van der Waals surface area contributed by atoms with Crippen molar-refractivity contribution in [3.05, 3.63) is 0 Å². The molecule has 0 saturated carbocycles. The SMILES string of the molecule is CC(C)CC(C)CCC(C)CC(C)C.N=C=O.N=C=O. The summed E-state index contributed by atoms with van der Waals surface area (Å²) in [4.78, 5) is 16.7. The van der Waals surface area contributed by atoms with Gasteiger partial charge in [0, 0.05) is 0 Å². The summed E-state index contributed by atoms with van der Waals surface area (Å²) in [5.41, 5.74) is 0. The number of hydrogen-bond acceptors (Lipinski definition) is 4. The van der Waals surface area contributed by atoms with Crippen molar-refractivity contribution >= 4 is 12.2 Å². The lowest BCUT2D eigenvalue weighted by molar-refractivity contribution is 0.343. The summed E-state index contributed by atoms with van der Waals surface area (Å²) in [6.45, 7) is 14.1. The van der Waals surface area contributed by atoms with E-state index in [1.165, 1.54) is 25.7 Å². The van der Waals surface area contributed by atoms with Crippen LogP contribution in [0.1, 0.15) is 67.2 Å². The van der Waals surface area contributed by atoms with E-state index in [4.69, 9.17) is 20.4 Å². The second-order valence-electron chi connectivity index (χ2n) is 6.25. The Bertz CT molecular complexity index is 236. The Kier molecular flexibility index (Phi) is 21.2. The van der Waals surface area contributed by atoms with Crippen LogP contribution in [-0.4, -0.2) is 12.2 Å².